The first kappa shape index (κ1) is 17.2. The maximum atomic E-state index is 12.0. The standard InChI is InChI=1S/C17H18N2O5S/c20-16(9-10-19-25(21,22)14-6-2-1-3-7-14)18-11-13-5-4-8-15-17(13)24-12-23-15/h1-8,19H,9-12H2,(H,18,20). The second kappa shape index (κ2) is 7.54. The van der Waals surface area contributed by atoms with Crippen molar-refractivity contribution in [1.29, 1.82) is 0 Å². The van der Waals surface area contributed by atoms with Gasteiger partial charge in [0.1, 0.15) is 0 Å². The van der Waals surface area contributed by atoms with Crippen molar-refractivity contribution in [2.75, 3.05) is 13.3 Å². The number of fused-ring (bicyclic) bond motifs is 1. The summed E-state index contributed by atoms with van der Waals surface area (Å²) >= 11 is 0. The van der Waals surface area contributed by atoms with Gasteiger partial charge in [0.15, 0.2) is 11.5 Å². The first-order chi connectivity index (χ1) is 12.1. The van der Waals surface area contributed by atoms with Crippen LogP contribution in [-0.2, 0) is 21.4 Å². The summed E-state index contributed by atoms with van der Waals surface area (Å²) in [6.45, 7) is 0.480. The summed E-state index contributed by atoms with van der Waals surface area (Å²) in [4.78, 5) is 12.1. The first-order valence-electron chi connectivity index (χ1n) is 7.75. The van der Waals surface area contributed by atoms with Crippen molar-refractivity contribution in [2.24, 2.45) is 0 Å². The van der Waals surface area contributed by atoms with Crippen LogP contribution in [0.3, 0.4) is 0 Å². The van der Waals surface area contributed by atoms with Crippen molar-refractivity contribution < 1.29 is 22.7 Å². The number of carbonyl (C=O) groups excluding carboxylic acids is 1. The number of hydrogen-bond acceptors (Lipinski definition) is 5. The average molecular weight is 362 g/mol. The van der Waals surface area contributed by atoms with Gasteiger partial charge in [0.05, 0.1) is 4.90 Å². The van der Waals surface area contributed by atoms with Crippen LogP contribution in [0.1, 0.15) is 12.0 Å². The number of benzene rings is 2. The summed E-state index contributed by atoms with van der Waals surface area (Å²) in [7, 11) is -3.60. The Kier molecular flexibility index (Phi) is 5.20. The third-order valence-electron chi connectivity index (χ3n) is 3.65. The van der Waals surface area contributed by atoms with Crippen LogP contribution in [0.5, 0.6) is 11.5 Å². The number of nitrogens with one attached hydrogen (secondary N) is 2. The lowest BCUT2D eigenvalue weighted by Crippen LogP contribution is -2.30. The van der Waals surface area contributed by atoms with Gasteiger partial charge >= 0.3 is 0 Å². The molecule has 1 aliphatic heterocycles. The highest BCUT2D eigenvalue weighted by Gasteiger charge is 2.17. The molecule has 7 nitrogen and oxygen atoms in total. The molecule has 2 aromatic rings. The minimum Gasteiger partial charge on any atom is -0.454 e. The lowest BCUT2D eigenvalue weighted by molar-refractivity contribution is -0.121. The van der Waals surface area contributed by atoms with Crippen LogP contribution in [0.15, 0.2) is 53.4 Å². The molecule has 0 bridgehead atoms. The molecular weight excluding hydrogens is 344 g/mol. The van der Waals surface area contributed by atoms with E-state index in [9.17, 15) is 13.2 Å². The highest BCUT2D eigenvalue weighted by atomic mass is 32.2. The number of hydrogen-bond donors (Lipinski definition) is 2. The molecule has 0 saturated carbocycles. The zero-order valence-corrected chi connectivity index (χ0v) is 14.2. The molecule has 132 valence electrons. The first-order valence-corrected chi connectivity index (χ1v) is 9.23. The van der Waals surface area contributed by atoms with Gasteiger partial charge in [-0.15, -0.1) is 0 Å². The lowest BCUT2D eigenvalue weighted by Gasteiger charge is -2.09. The Bertz CT molecular complexity index is 853. The third-order valence-corrected chi connectivity index (χ3v) is 5.13. The van der Waals surface area contributed by atoms with Crippen LogP contribution in [-0.4, -0.2) is 27.7 Å². The van der Waals surface area contributed by atoms with E-state index in [2.05, 4.69) is 10.0 Å². The summed E-state index contributed by atoms with van der Waals surface area (Å²) in [5, 5.41) is 2.75. The molecule has 0 radical (unpaired) electrons. The van der Waals surface area contributed by atoms with Crippen LogP contribution in [0, 0.1) is 0 Å². The lowest BCUT2D eigenvalue weighted by atomic mass is 10.2. The summed E-state index contributed by atoms with van der Waals surface area (Å²) in [6.07, 6.45) is 0.0401. The fourth-order valence-electron chi connectivity index (χ4n) is 2.39. The largest absolute Gasteiger partial charge is 0.454 e. The molecule has 0 spiro atoms. The molecule has 0 saturated heterocycles. The highest BCUT2D eigenvalue weighted by Crippen LogP contribution is 2.35. The predicted molar refractivity (Wildman–Crippen MR) is 90.7 cm³/mol. The summed E-state index contributed by atoms with van der Waals surface area (Å²) in [5.74, 6) is 1.03. The molecule has 2 N–H and O–H groups in total. The number of sulfonamides is 1. The van der Waals surface area contributed by atoms with Crippen LogP contribution in [0.4, 0.5) is 0 Å². The zero-order valence-electron chi connectivity index (χ0n) is 13.4. The molecule has 1 amide bonds. The maximum Gasteiger partial charge on any atom is 0.240 e. The van der Waals surface area contributed by atoms with Crippen molar-refractivity contribution in [1.82, 2.24) is 10.0 Å². The molecule has 1 aliphatic rings. The highest BCUT2D eigenvalue weighted by molar-refractivity contribution is 7.89. The molecular formula is C17H18N2O5S. The fraction of sp³-hybridized carbons (Fsp3) is 0.235. The van der Waals surface area contributed by atoms with Gasteiger partial charge in [-0.1, -0.05) is 30.3 Å². The Hall–Kier alpha value is -2.58. The molecule has 0 aliphatic carbocycles. The van der Waals surface area contributed by atoms with Crippen molar-refractivity contribution >= 4 is 15.9 Å². The van der Waals surface area contributed by atoms with Gasteiger partial charge in [0, 0.05) is 25.1 Å². The summed E-state index contributed by atoms with van der Waals surface area (Å²) in [5.41, 5.74) is 0.813. The number of rotatable bonds is 7. The number of para-hydroxylation sites is 1. The average Bonchev–Trinajstić information content (AvgIpc) is 3.10. The quantitative estimate of drug-likeness (QED) is 0.777. The minimum atomic E-state index is -3.60. The van der Waals surface area contributed by atoms with Crippen LogP contribution in [0.25, 0.3) is 0 Å². The summed E-state index contributed by atoms with van der Waals surface area (Å²) < 4.78 is 37.2. The van der Waals surface area contributed by atoms with Gasteiger partial charge in [-0.05, 0) is 18.2 Å². The van der Waals surface area contributed by atoms with E-state index >= 15 is 0 Å². The minimum absolute atomic E-state index is 0.0234. The fourth-order valence-corrected chi connectivity index (χ4v) is 3.45. The third kappa shape index (κ3) is 4.28. The molecule has 0 unspecified atom stereocenters. The second-order valence-electron chi connectivity index (χ2n) is 5.39. The van der Waals surface area contributed by atoms with Crippen molar-refractivity contribution in [2.45, 2.75) is 17.9 Å². The normalized spacial score (nSPS) is 12.8. The van der Waals surface area contributed by atoms with E-state index in [1.165, 1.54) is 12.1 Å². The molecule has 0 aromatic heterocycles. The van der Waals surface area contributed by atoms with E-state index in [1.807, 2.05) is 12.1 Å². The van der Waals surface area contributed by atoms with Crippen LogP contribution in [0.2, 0.25) is 0 Å². The molecule has 25 heavy (non-hydrogen) atoms. The maximum absolute atomic E-state index is 12.0. The molecule has 1 heterocycles. The molecule has 0 fully saturated rings. The Morgan fingerprint density at radius 1 is 1.04 bits per heavy atom. The van der Waals surface area contributed by atoms with Crippen molar-refractivity contribution in [3.8, 4) is 11.5 Å². The van der Waals surface area contributed by atoms with Crippen LogP contribution >= 0.6 is 0 Å². The van der Waals surface area contributed by atoms with E-state index in [0.29, 0.717) is 11.5 Å². The number of ether oxygens (including phenoxy) is 2. The zero-order chi connectivity index (χ0) is 17.7. The van der Waals surface area contributed by atoms with Crippen molar-refractivity contribution in [3.05, 3.63) is 54.1 Å². The molecule has 8 heteroatoms. The van der Waals surface area contributed by atoms with Gasteiger partial charge in [0.2, 0.25) is 22.7 Å². The van der Waals surface area contributed by atoms with Gasteiger partial charge in [-0.3, -0.25) is 4.79 Å². The Morgan fingerprint density at radius 2 is 1.84 bits per heavy atom. The molecule has 3 rings (SSSR count). The topological polar surface area (TPSA) is 93.7 Å². The molecule has 0 atom stereocenters. The van der Waals surface area contributed by atoms with Gasteiger partial charge in [0.25, 0.3) is 0 Å². The van der Waals surface area contributed by atoms with E-state index in [0.717, 1.165) is 5.56 Å². The van der Waals surface area contributed by atoms with Crippen LogP contribution < -0.4 is 19.5 Å². The Morgan fingerprint density at radius 3 is 2.64 bits per heavy atom. The predicted octanol–water partition coefficient (Wildman–Crippen LogP) is 1.40. The van der Waals surface area contributed by atoms with E-state index in [1.54, 1.807) is 24.3 Å². The number of carbonyl (C=O) groups is 1. The van der Waals surface area contributed by atoms with Gasteiger partial charge < -0.3 is 14.8 Å². The summed E-state index contributed by atoms with van der Waals surface area (Å²) in [6, 6.07) is 13.5. The van der Waals surface area contributed by atoms with E-state index < -0.39 is 10.0 Å². The Labute approximate surface area is 146 Å². The molecule has 2 aromatic carbocycles. The SMILES string of the molecule is O=C(CCNS(=O)(=O)c1ccccc1)NCc1cccc2c1OCO2. The van der Waals surface area contributed by atoms with E-state index in [4.69, 9.17) is 9.47 Å². The van der Waals surface area contributed by atoms with Crippen molar-refractivity contribution in [3.63, 3.8) is 0 Å². The second-order valence-corrected chi connectivity index (χ2v) is 7.16. The monoisotopic (exact) mass is 362 g/mol. The van der Waals surface area contributed by atoms with Gasteiger partial charge in [-0.2, -0.15) is 0 Å². The van der Waals surface area contributed by atoms with Gasteiger partial charge in [-0.25, -0.2) is 13.1 Å². The smallest absolute Gasteiger partial charge is 0.240 e. The van der Waals surface area contributed by atoms with E-state index in [-0.39, 0.29) is 37.1 Å². The number of amides is 1. The Balaban J connectivity index is 1.47.